The summed E-state index contributed by atoms with van der Waals surface area (Å²) in [6.45, 7) is 0.398. The van der Waals surface area contributed by atoms with Gasteiger partial charge in [-0.15, -0.1) is 10.2 Å². The SMILES string of the molecule is NC(=O)CCc1nnc(SCC(=O)Nc2ccccc2-c2ccccc2)n1Cc1ccco1. The van der Waals surface area contributed by atoms with Crippen LogP contribution in [-0.2, 0) is 22.6 Å². The lowest BCUT2D eigenvalue weighted by Crippen LogP contribution is -2.16. The van der Waals surface area contributed by atoms with Gasteiger partial charge in [0.2, 0.25) is 11.8 Å². The van der Waals surface area contributed by atoms with Crippen molar-refractivity contribution in [1.82, 2.24) is 14.8 Å². The highest BCUT2D eigenvalue weighted by molar-refractivity contribution is 7.99. The summed E-state index contributed by atoms with van der Waals surface area (Å²) in [6, 6.07) is 21.2. The maximum Gasteiger partial charge on any atom is 0.234 e. The predicted octanol–water partition coefficient (Wildman–Crippen LogP) is 3.74. The van der Waals surface area contributed by atoms with Crippen molar-refractivity contribution in [1.29, 1.82) is 0 Å². The van der Waals surface area contributed by atoms with Gasteiger partial charge in [0.05, 0.1) is 18.6 Å². The molecule has 9 heteroatoms. The standard InChI is InChI=1S/C24H23N5O3S/c25-21(30)12-13-22-27-28-24(29(22)15-18-9-6-14-32-18)33-16-23(31)26-20-11-5-4-10-19(20)17-7-2-1-3-8-17/h1-11,14H,12-13,15-16H2,(H2,25,30)(H,26,31). The zero-order valence-electron chi connectivity index (χ0n) is 17.8. The number of anilines is 1. The van der Waals surface area contributed by atoms with Gasteiger partial charge in [0.15, 0.2) is 5.16 Å². The predicted molar refractivity (Wildman–Crippen MR) is 127 cm³/mol. The molecule has 2 amide bonds. The summed E-state index contributed by atoms with van der Waals surface area (Å²) in [5.41, 5.74) is 8.01. The molecule has 0 aliphatic rings. The summed E-state index contributed by atoms with van der Waals surface area (Å²) in [4.78, 5) is 24.0. The Hall–Kier alpha value is -3.85. The Morgan fingerprint density at radius 1 is 1.00 bits per heavy atom. The van der Waals surface area contributed by atoms with Gasteiger partial charge in [-0.1, -0.05) is 60.3 Å². The molecule has 0 radical (unpaired) electrons. The maximum absolute atomic E-state index is 12.8. The second kappa shape index (κ2) is 10.6. The van der Waals surface area contributed by atoms with Crippen molar-refractivity contribution < 1.29 is 14.0 Å². The number of nitrogens with zero attached hydrogens (tertiary/aromatic N) is 3. The minimum atomic E-state index is -0.409. The molecule has 33 heavy (non-hydrogen) atoms. The van der Waals surface area contributed by atoms with Crippen LogP contribution in [0, 0.1) is 0 Å². The molecule has 0 saturated heterocycles. The first-order valence-electron chi connectivity index (χ1n) is 10.4. The van der Waals surface area contributed by atoms with Crippen LogP contribution in [0.2, 0.25) is 0 Å². The number of benzene rings is 2. The van der Waals surface area contributed by atoms with Gasteiger partial charge >= 0.3 is 0 Å². The minimum Gasteiger partial charge on any atom is -0.467 e. The molecule has 0 spiro atoms. The molecule has 0 aliphatic carbocycles. The van der Waals surface area contributed by atoms with Gasteiger partial charge in [0.1, 0.15) is 11.6 Å². The van der Waals surface area contributed by atoms with Gasteiger partial charge in [-0.3, -0.25) is 14.2 Å². The van der Waals surface area contributed by atoms with Crippen molar-refractivity contribution >= 4 is 29.3 Å². The number of carbonyl (C=O) groups is 2. The van der Waals surface area contributed by atoms with Gasteiger partial charge in [-0.05, 0) is 23.8 Å². The molecular weight excluding hydrogens is 438 g/mol. The topological polar surface area (TPSA) is 116 Å². The van der Waals surface area contributed by atoms with Crippen LogP contribution < -0.4 is 11.1 Å². The number of hydrogen-bond acceptors (Lipinski definition) is 6. The van der Waals surface area contributed by atoms with Crippen LogP contribution in [0.1, 0.15) is 18.0 Å². The van der Waals surface area contributed by atoms with Crippen molar-refractivity contribution in [3.8, 4) is 11.1 Å². The molecule has 4 aromatic rings. The van der Waals surface area contributed by atoms with Gasteiger partial charge in [-0.2, -0.15) is 0 Å². The number of nitrogens with one attached hydrogen (secondary N) is 1. The van der Waals surface area contributed by atoms with Crippen molar-refractivity contribution in [3.05, 3.63) is 84.6 Å². The van der Waals surface area contributed by atoms with E-state index in [1.807, 2.05) is 65.2 Å². The molecule has 0 saturated carbocycles. The van der Waals surface area contributed by atoms with Crippen molar-refractivity contribution in [2.45, 2.75) is 24.5 Å². The number of hydrogen-bond donors (Lipinski definition) is 2. The third-order valence-electron chi connectivity index (χ3n) is 4.90. The third kappa shape index (κ3) is 5.89. The molecule has 0 unspecified atom stereocenters. The molecule has 0 fully saturated rings. The lowest BCUT2D eigenvalue weighted by atomic mass is 10.0. The Bertz CT molecular complexity index is 1220. The number of thioether (sulfide) groups is 1. The summed E-state index contributed by atoms with van der Waals surface area (Å²) in [5.74, 6) is 0.915. The molecule has 8 nitrogen and oxygen atoms in total. The molecule has 2 aromatic heterocycles. The normalized spacial score (nSPS) is 10.8. The van der Waals surface area contributed by atoms with E-state index in [4.69, 9.17) is 10.2 Å². The fourth-order valence-electron chi connectivity index (χ4n) is 3.34. The fraction of sp³-hybridized carbons (Fsp3) is 0.167. The van der Waals surface area contributed by atoms with Crippen LogP contribution in [0.5, 0.6) is 0 Å². The zero-order chi connectivity index (χ0) is 23.0. The molecule has 2 heterocycles. The molecule has 4 rings (SSSR count). The molecule has 2 aromatic carbocycles. The first-order valence-corrected chi connectivity index (χ1v) is 11.4. The van der Waals surface area contributed by atoms with Crippen LogP contribution in [0.4, 0.5) is 5.69 Å². The van der Waals surface area contributed by atoms with Crippen molar-refractivity contribution in [2.75, 3.05) is 11.1 Å². The summed E-state index contributed by atoms with van der Waals surface area (Å²) < 4.78 is 7.29. The molecule has 0 bridgehead atoms. The van der Waals surface area contributed by atoms with Crippen LogP contribution in [0.15, 0.2) is 82.6 Å². The number of carbonyl (C=O) groups excluding carboxylic acids is 2. The largest absolute Gasteiger partial charge is 0.467 e. The number of aromatic nitrogens is 3. The van der Waals surface area contributed by atoms with Gasteiger partial charge in [0, 0.05) is 24.1 Å². The minimum absolute atomic E-state index is 0.148. The van der Waals surface area contributed by atoms with E-state index < -0.39 is 5.91 Å². The lowest BCUT2D eigenvalue weighted by molar-refractivity contribution is -0.118. The number of para-hydroxylation sites is 1. The van der Waals surface area contributed by atoms with Crippen LogP contribution in [0.25, 0.3) is 11.1 Å². The monoisotopic (exact) mass is 461 g/mol. The van der Waals surface area contributed by atoms with E-state index in [2.05, 4.69) is 15.5 Å². The smallest absolute Gasteiger partial charge is 0.234 e. The van der Waals surface area contributed by atoms with Crippen molar-refractivity contribution in [3.63, 3.8) is 0 Å². The second-order valence-electron chi connectivity index (χ2n) is 7.28. The Morgan fingerprint density at radius 3 is 2.55 bits per heavy atom. The average molecular weight is 462 g/mol. The van der Waals surface area contributed by atoms with Gasteiger partial charge in [0.25, 0.3) is 0 Å². The molecule has 3 N–H and O–H groups in total. The highest BCUT2D eigenvalue weighted by Crippen LogP contribution is 2.28. The maximum atomic E-state index is 12.8. The Labute approximate surface area is 195 Å². The van der Waals surface area contributed by atoms with Crippen LogP contribution in [-0.4, -0.2) is 32.3 Å². The number of nitrogens with two attached hydrogens (primary N) is 1. The van der Waals surface area contributed by atoms with Gasteiger partial charge < -0.3 is 15.5 Å². The molecular formula is C24H23N5O3S. The summed E-state index contributed by atoms with van der Waals surface area (Å²) in [6.07, 6.45) is 2.12. The average Bonchev–Trinajstić information content (AvgIpc) is 3.47. The van der Waals surface area contributed by atoms with E-state index in [0.29, 0.717) is 23.9 Å². The molecule has 168 valence electrons. The fourth-order valence-corrected chi connectivity index (χ4v) is 4.10. The summed E-state index contributed by atoms with van der Waals surface area (Å²) in [5, 5.41) is 12.0. The Balaban J connectivity index is 1.46. The zero-order valence-corrected chi connectivity index (χ0v) is 18.6. The number of primary amides is 1. The Morgan fingerprint density at radius 2 is 1.79 bits per heavy atom. The van der Waals surface area contributed by atoms with Gasteiger partial charge in [-0.25, -0.2) is 0 Å². The van der Waals surface area contributed by atoms with E-state index in [0.717, 1.165) is 22.6 Å². The van der Waals surface area contributed by atoms with Crippen LogP contribution >= 0.6 is 11.8 Å². The Kier molecular flexibility index (Phi) is 7.21. The third-order valence-corrected chi connectivity index (χ3v) is 5.87. The van der Waals surface area contributed by atoms with E-state index in [-0.39, 0.29) is 18.1 Å². The molecule has 0 aliphatic heterocycles. The number of furan rings is 1. The summed E-state index contributed by atoms with van der Waals surface area (Å²) in [7, 11) is 0. The second-order valence-corrected chi connectivity index (χ2v) is 8.22. The van der Waals surface area contributed by atoms with Crippen LogP contribution in [0.3, 0.4) is 0 Å². The molecule has 0 atom stereocenters. The van der Waals surface area contributed by atoms with Crippen molar-refractivity contribution in [2.24, 2.45) is 5.73 Å². The first-order chi connectivity index (χ1) is 16.1. The number of rotatable bonds is 10. The quantitative estimate of drug-likeness (QED) is 0.348. The number of aryl methyl sites for hydroxylation is 1. The number of amides is 2. The van der Waals surface area contributed by atoms with E-state index in [1.165, 1.54) is 11.8 Å². The van der Waals surface area contributed by atoms with E-state index in [1.54, 1.807) is 12.3 Å². The summed E-state index contributed by atoms with van der Waals surface area (Å²) >= 11 is 1.27. The first kappa shape index (κ1) is 22.3. The van der Waals surface area contributed by atoms with E-state index >= 15 is 0 Å². The van der Waals surface area contributed by atoms with E-state index in [9.17, 15) is 9.59 Å². The highest BCUT2D eigenvalue weighted by Gasteiger charge is 2.17. The highest BCUT2D eigenvalue weighted by atomic mass is 32.2. The lowest BCUT2D eigenvalue weighted by Gasteiger charge is -2.12.